The Labute approximate surface area is 209 Å². The highest BCUT2D eigenvalue weighted by Crippen LogP contribution is 2.32. The molecule has 1 aliphatic rings. The van der Waals surface area contributed by atoms with Gasteiger partial charge in [0.2, 0.25) is 0 Å². The van der Waals surface area contributed by atoms with E-state index in [0.717, 1.165) is 54.1 Å². The summed E-state index contributed by atoms with van der Waals surface area (Å²) in [6.45, 7) is 2.23. The zero-order valence-electron chi connectivity index (χ0n) is 18.4. The number of carboxylic acid groups (broad SMARTS) is 1. The number of hydrogen-bond donors (Lipinski definition) is 2. The number of halogens is 2. The van der Waals surface area contributed by atoms with Gasteiger partial charge in [-0.2, -0.15) is 5.26 Å². The maximum absolute atomic E-state index is 14.0. The Bertz CT molecular complexity index is 1240. The van der Waals surface area contributed by atoms with Crippen molar-refractivity contribution in [2.75, 3.05) is 18.4 Å². The first kappa shape index (κ1) is 27.8. The highest BCUT2D eigenvalue weighted by Gasteiger charge is 2.21. The van der Waals surface area contributed by atoms with Gasteiger partial charge in [0.1, 0.15) is 29.1 Å². The Kier molecular flexibility index (Phi) is 10.7. The average Bonchev–Trinajstić information content (AvgIpc) is 3.22. The van der Waals surface area contributed by atoms with E-state index in [1.807, 2.05) is 6.07 Å². The quantitative estimate of drug-likeness (QED) is 0.371. The minimum Gasteiger partial charge on any atom is -0.478 e. The number of benzene rings is 1. The highest BCUT2D eigenvalue weighted by molar-refractivity contribution is 7.22. The number of allylic oxidation sites excluding steroid dienone is 1. The van der Waals surface area contributed by atoms with Gasteiger partial charge in [0.05, 0.1) is 21.4 Å². The number of aldehydes is 1. The lowest BCUT2D eigenvalue weighted by Crippen LogP contribution is -2.39. The van der Waals surface area contributed by atoms with E-state index in [4.69, 9.17) is 22.0 Å². The molecule has 1 aliphatic heterocycles. The van der Waals surface area contributed by atoms with Crippen molar-refractivity contribution in [3.05, 3.63) is 64.0 Å². The maximum atomic E-state index is 14.0. The van der Waals surface area contributed by atoms with E-state index in [0.29, 0.717) is 34.3 Å². The van der Waals surface area contributed by atoms with Crippen LogP contribution in [0.3, 0.4) is 0 Å². The number of likely N-dealkylation sites (tertiary alicyclic amines) is 1. The SMILES string of the molecule is N#Cc1ccc(F)c(CN2CCC(Nc3ncnc4sc(Cl)cc34)CC2)c1.O.O=C/C=C\C(=O)O. The average molecular weight is 520 g/mol. The zero-order chi connectivity index (χ0) is 24.5. The lowest BCUT2D eigenvalue weighted by atomic mass is 10.0. The van der Waals surface area contributed by atoms with Crippen LogP contribution in [0.15, 0.2) is 42.7 Å². The molecule has 35 heavy (non-hydrogen) atoms. The number of aliphatic carboxylic acids is 1. The first-order valence-corrected chi connectivity index (χ1v) is 11.5. The number of thiophene rings is 1. The van der Waals surface area contributed by atoms with Gasteiger partial charge < -0.3 is 15.9 Å². The molecule has 0 aliphatic carbocycles. The molecule has 0 amide bonds. The molecule has 184 valence electrons. The maximum Gasteiger partial charge on any atom is 0.328 e. The van der Waals surface area contributed by atoms with E-state index in [9.17, 15) is 14.0 Å². The number of anilines is 1. The largest absolute Gasteiger partial charge is 0.478 e. The van der Waals surface area contributed by atoms with E-state index >= 15 is 0 Å². The molecule has 9 nitrogen and oxygen atoms in total. The van der Waals surface area contributed by atoms with Crippen molar-refractivity contribution in [2.24, 2.45) is 0 Å². The molecule has 0 bridgehead atoms. The van der Waals surface area contributed by atoms with Crippen LogP contribution in [0.5, 0.6) is 0 Å². The van der Waals surface area contributed by atoms with Crippen molar-refractivity contribution in [2.45, 2.75) is 25.4 Å². The molecule has 0 spiro atoms. The predicted octanol–water partition coefficient (Wildman–Crippen LogP) is 3.43. The summed E-state index contributed by atoms with van der Waals surface area (Å²) in [5, 5.41) is 21.3. The molecule has 0 unspecified atom stereocenters. The van der Waals surface area contributed by atoms with Gasteiger partial charge in [0, 0.05) is 37.3 Å². The van der Waals surface area contributed by atoms with Crippen LogP contribution >= 0.6 is 22.9 Å². The number of carbonyl (C=O) groups is 2. The summed E-state index contributed by atoms with van der Waals surface area (Å²) in [5.41, 5.74) is 1.07. The standard InChI is InChI=1S/C19H17ClFN5S.C4H4O3.H2O/c20-17-8-15-18(23-11-24-19(15)27-17)25-14-3-5-26(6-4-14)10-13-7-12(9-22)1-2-16(13)21;5-3-1-2-4(6)7;/h1-2,7-8,11,14H,3-6,10H2,(H,23,24,25);1-3H,(H,6,7);1H2/b;2-1-;. The molecule has 3 aromatic rings. The fourth-order valence-electron chi connectivity index (χ4n) is 3.50. The molecule has 0 atom stereocenters. The number of carbonyl (C=O) groups excluding carboxylic acids is 1. The third-order valence-electron chi connectivity index (χ3n) is 5.11. The van der Waals surface area contributed by atoms with Crippen molar-refractivity contribution < 1.29 is 24.6 Å². The van der Waals surface area contributed by atoms with Crippen LogP contribution in [0.2, 0.25) is 4.34 Å². The predicted molar refractivity (Wildman–Crippen MR) is 132 cm³/mol. The van der Waals surface area contributed by atoms with Crippen LogP contribution in [0.25, 0.3) is 10.2 Å². The topological polar surface area (TPSA) is 151 Å². The van der Waals surface area contributed by atoms with Gasteiger partial charge in [0.25, 0.3) is 0 Å². The molecular formula is C23H23ClFN5O4S. The normalized spacial score (nSPS) is 14.0. The number of fused-ring (bicyclic) bond motifs is 1. The smallest absolute Gasteiger partial charge is 0.328 e. The molecular weight excluding hydrogens is 497 g/mol. The Morgan fingerprint density at radius 3 is 2.71 bits per heavy atom. The van der Waals surface area contributed by atoms with Crippen LogP contribution < -0.4 is 5.32 Å². The van der Waals surface area contributed by atoms with Gasteiger partial charge in [-0.05, 0) is 43.2 Å². The summed E-state index contributed by atoms with van der Waals surface area (Å²) in [6, 6.07) is 8.77. The number of hydrogen-bond acceptors (Lipinski definition) is 8. The summed E-state index contributed by atoms with van der Waals surface area (Å²) in [7, 11) is 0. The third-order valence-corrected chi connectivity index (χ3v) is 6.29. The van der Waals surface area contributed by atoms with Gasteiger partial charge in [0.15, 0.2) is 0 Å². The molecule has 0 saturated carbocycles. The Hall–Kier alpha value is -3.43. The second-order valence-corrected chi connectivity index (χ2v) is 9.10. The molecule has 0 radical (unpaired) electrons. The lowest BCUT2D eigenvalue weighted by molar-refractivity contribution is -0.131. The van der Waals surface area contributed by atoms with Gasteiger partial charge in [-0.15, -0.1) is 11.3 Å². The van der Waals surface area contributed by atoms with Crippen molar-refractivity contribution in [1.29, 1.82) is 5.26 Å². The summed E-state index contributed by atoms with van der Waals surface area (Å²) in [5.74, 6) is -0.548. The molecule has 4 N–H and O–H groups in total. The third kappa shape index (κ3) is 8.08. The Morgan fingerprint density at radius 1 is 1.34 bits per heavy atom. The van der Waals surface area contributed by atoms with E-state index in [1.54, 1.807) is 12.4 Å². The number of nitriles is 1. The van der Waals surface area contributed by atoms with Crippen LogP contribution in [0.1, 0.15) is 24.0 Å². The van der Waals surface area contributed by atoms with Crippen LogP contribution in [0, 0.1) is 17.1 Å². The number of nitrogens with one attached hydrogen (secondary N) is 1. The van der Waals surface area contributed by atoms with Crippen LogP contribution in [0.4, 0.5) is 10.2 Å². The first-order chi connectivity index (χ1) is 16.4. The minimum atomic E-state index is -1.10. The fourth-order valence-corrected chi connectivity index (χ4v) is 4.55. The number of aromatic nitrogens is 2. The van der Waals surface area contributed by atoms with Crippen molar-refractivity contribution in [3.63, 3.8) is 0 Å². The molecule has 3 heterocycles. The second-order valence-electron chi connectivity index (χ2n) is 7.44. The van der Waals surface area contributed by atoms with Crippen molar-refractivity contribution >= 4 is 51.2 Å². The second kappa shape index (κ2) is 13.5. The lowest BCUT2D eigenvalue weighted by Gasteiger charge is -2.32. The monoisotopic (exact) mass is 519 g/mol. The van der Waals surface area contributed by atoms with Crippen molar-refractivity contribution in [3.8, 4) is 6.07 Å². The summed E-state index contributed by atoms with van der Waals surface area (Å²) >= 11 is 7.54. The number of rotatable bonds is 6. The highest BCUT2D eigenvalue weighted by atomic mass is 35.5. The zero-order valence-corrected chi connectivity index (χ0v) is 20.0. The molecule has 12 heteroatoms. The van der Waals surface area contributed by atoms with E-state index in [2.05, 4.69) is 26.3 Å². The Balaban J connectivity index is 0.000000476. The summed E-state index contributed by atoms with van der Waals surface area (Å²) < 4.78 is 14.7. The summed E-state index contributed by atoms with van der Waals surface area (Å²) in [6.07, 6.45) is 5.52. The molecule has 1 fully saturated rings. The van der Waals surface area contributed by atoms with E-state index in [1.165, 1.54) is 23.5 Å². The molecule has 2 aromatic heterocycles. The number of nitrogens with zero attached hydrogens (tertiary/aromatic N) is 4. The number of piperidine rings is 1. The van der Waals surface area contributed by atoms with Crippen molar-refractivity contribution in [1.82, 2.24) is 14.9 Å². The van der Waals surface area contributed by atoms with E-state index in [-0.39, 0.29) is 11.3 Å². The molecule has 4 rings (SSSR count). The van der Waals surface area contributed by atoms with Gasteiger partial charge in [-0.1, -0.05) is 11.6 Å². The van der Waals surface area contributed by atoms with Gasteiger partial charge in [-0.3, -0.25) is 9.69 Å². The Morgan fingerprint density at radius 2 is 2.09 bits per heavy atom. The van der Waals surface area contributed by atoms with Gasteiger partial charge >= 0.3 is 5.97 Å². The number of carboxylic acids is 1. The minimum absolute atomic E-state index is 0. The van der Waals surface area contributed by atoms with Gasteiger partial charge in [-0.25, -0.2) is 19.2 Å². The fraction of sp³-hybridized carbons (Fsp3) is 0.261. The summed E-state index contributed by atoms with van der Waals surface area (Å²) in [4.78, 5) is 30.6. The van der Waals surface area contributed by atoms with Crippen LogP contribution in [-0.4, -0.2) is 56.8 Å². The first-order valence-electron chi connectivity index (χ1n) is 10.3. The van der Waals surface area contributed by atoms with E-state index < -0.39 is 5.97 Å². The molecule has 1 aromatic carbocycles. The van der Waals surface area contributed by atoms with Crippen LogP contribution in [-0.2, 0) is 16.1 Å². The molecule has 1 saturated heterocycles.